The first-order chi connectivity index (χ1) is 11.4. The maximum absolute atomic E-state index is 12.4. The van der Waals surface area contributed by atoms with Gasteiger partial charge in [-0.2, -0.15) is 4.67 Å². The minimum absolute atomic E-state index is 0.116. The van der Waals surface area contributed by atoms with Crippen molar-refractivity contribution in [3.05, 3.63) is 24.3 Å². The van der Waals surface area contributed by atoms with Crippen LogP contribution in [0.5, 0.6) is 0 Å². The van der Waals surface area contributed by atoms with Gasteiger partial charge in [0.25, 0.3) is 0 Å². The number of urea groups is 1. The number of nitrogens with one attached hydrogen (secondary N) is 2. The van der Waals surface area contributed by atoms with Gasteiger partial charge in [0, 0.05) is 12.5 Å². The van der Waals surface area contributed by atoms with E-state index >= 15 is 0 Å². The summed E-state index contributed by atoms with van der Waals surface area (Å²) in [6, 6.07) is 5.45. The Morgan fingerprint density at radius 3 is 2.16 bits per heavy atom. The predicted molar refractivity (Wildman–Crippen MR) is 100 cm³/mol. The van der Waals surface area contributed by atoms with Crippen LogP contribution in [0.15, 0.2) is 24.3 Å². The molecule has 0 fully saturated rings. The quantitative estimate of drug-likeness (QED) is 0.276. The molecule has 0 atom stereocenters. The first-order valence-corrected chi connectivity index (χ1v) is 9.50. The Kier molecular flexibility index (Phi) is 6.76. The Morgan fingerprint density at radius 1 is 1.24 bits per heavy atom. The molecule has 0 aliphatic carbocycles. The van der Waals surface area contributed by atoms with E-state index in [2.05, 4.69) is 10.6 Å². The zero-order chi connectivity index (χ0) is 19.4. The summed E-state index contributed by atoms with van der Waals surface area (Å²) in [5.41, 5.74) is 0.282. The van der Waals surface area contributed by atoms with Gasteiger partial charge < -0.3 is 15.1 Å². The van der Waals surface area contributed by atoms with Crippen molar-refractivity contribution in [2.75, 3.05) is 24.1 Å². The van der Waals surface area contributed by atoms with Gasteiger partial charge in [0.05, 0.1) is 19.8 Å². The summed E-state index contributed by atoms with van der Waals surface area (Å²) in [6.45, 7) is 7.35. The van der Waals surface area contributed by atoms with Gasteiger partial charge in [0.15, 0.2) is 0 Å². The third-order valence-electron chi connectivity index (χ3n) is 3.89. The summed E-state index contributed by atoms with van der Waals surface area (Å²) >= 11 is 0. The largest absolute Gasteiger partial charge is 0.438 e. The molecule has 0 spiro atoms. The van der Waals surface area contributed by atoms with Crippen molar-refractivity contribution < 1.29 is 23.7 Å². The van der Waals surface area contributed by atoms with E-state index in [-0.39, 0.29) is 5.69 Å². The van der Waals surface area contributed by atoms with E-state index in [1.54, 1.807) is 26.0 Å². The second-order valence-electron chi connectivity index (χ2n) is 6.64. The monoisotopic (exact) mass is 371 g/mol. The van der Waals surface area contributed by atoms with Crippen molar-refractivity contribution in [1.82, 2.24) is 5.32 Å². The maximum Gasteiger partial charge on any atom is 0.438 e. The van der Waals surface area contributed by atoms with Crippen LogP contribution in [0.25, 0.3) is 0 Å². The van der Waals surface area contributed by atoms with Gasteiger partial charge in [0.2, 0.25) is 5.84 Å². The average Bonchev–Trinajstić information content (AvgIpc) is 2.47. The van der Waals surface area contributed by atoms with Gasteiger partial charge >= 0.3 is 13.8 Å². The number of rotatable bonds is 5. The molecule has 0 unspecified atom stereocenters. The fourth-order valence-electron chi connectivity index (χ4n) is 1.82. The lowest BCUT2D eigenvalue weighted by Gasteiger charge is -2.30. The number of amidine groups is 1. The van der Waals surface area contributed by atoms with E-state index in [4.69, 9.17) is 0 Å². The van der Waals surface area contributed by atoms with Crippen LogP contribution in [-0.2, 0) is 4.57 Å². The van der Waals surface area contributed by atoms with E-state index in [0.29, 0.717) is 11.1 Å². The first-order valence-electron chi connectivity index (χ1n) is 7.93. The number of hydrogen-bond acceptors (Lipinski definition) is 2. The lowest BCUT2D eigenvalue weighted by Crippen LogP contribution is -2.48. The predicted octanol–water partition coefficient (Wildman–Crippen LogP) is 2.59. The second-order valence-corrected chi connectivity index (χ2v) is 8.07. The summed E-state index contributed by atoms with van der Waals surface area (Å²) in [4.78, 5) is 31.6. The number of carbonyl (C=O) groups is 1. The van der Waals surface area contributed by atoms with Crippen LogP contribution < -0.4 is 15.3 Å². The SMILES string of the molecule is CCC(C)(C)NC(=O)N(c1ccc(NC(C)=[N+](C)C)cc1)P(=O)(O)O. The van der Waals surface area contributed by atoms with Crippen molar-refractivity contribution in [2.24, 2.45) is 0 Å². The highest BCUT2D eigenvalue weighted by atomic mass is 31.2. The van der Waals surface area contributed by atoms with Crippen LogP contribution in [0.4, 0.5) is 16.2 Å². The summed E-state index contributed by atoms with van der Waals surface area (Å²) < 4.78 is 14.2. The van der Waals surface area contributed by atoms with E-state index in [1.807, 2.05) is 32.5 Å². The fraction of sp³-hybridized carbons (Fsp3) is 0.500. The Labute approximate surface area is 148 Å². The van der Waals surface area contributed by atoms with Gasteiger partial charge in [-0.25, -0.2) is 14.7 Å². The third kappa shape index (κ3) is 6.16. The highest BCUT2D eigenvalue weighted by Gasteiger charge is 2.34. The molecule has 0 bridgehead atoms. The normalized spacial score (nSPS) is 11.7. The summed E-state index contributed by atoms with van der Waals surface area (Å²) in [7, 11) is -1.03. The summed E-state index contributed by atoms with van der Waals surface area (Å²) in [5.74, 6) is 0.905. The van der Waals surface area contributed by atoms with Crippen molar-refractivity contribution in [1.29, 1.82) is 0 Å². The van der Waals surface area contributed by atoms with Crippen LogP contribution in [0.1, 0.15) is 34.1 Å². The molecular formula is C16H28N4O4P+. The molecule has 0 heterocycles. The molecular weight excluding hydrogens is 343 g/mol. The minimum Gasteiger partial charge on any atom is -0.332 e. The van der Waals surface area contributed by atoms with Crippen LogP contribution in [0.2, 0.25) is 0 Å². The van der Waals surface area contributed by atoms with Crippen LogP contribution in [0, 0.1) is 0 Å². The molecule has 140 valence electrons. The van der Waals surface area contributed by atoms with E-state index in [9.17, 15) is 19.1 Å². The summed E-state index contributed by atoms with van der Waals surface area (Å²) in [6.07, 6.45) is 0.621. The number of nitrogens with zero attached hydrogens (tertiary/aromatic N) is 2. The molecule has 0 aromatic heterocycles. The summed E-state index contributed by atoms with van der Waals surface area (Å²) in [5, 5.41) is 5.79. The topological polar surface area (TPSA) is 105 Å². The number of anilines is 2. The first kappa shape index (κ1) is 21.2. The van der Waals surface area contributed by atoms with Crippen LogP contribution >= 0.6 is 7.75 Å². The third-order valence-corrected chi connectivity index (χ3v) is 4.82. The van der Waals surface area contributed by atoms with Crippen molar-refractivity contribution in [3.63, 3.8) is 0 Å². The van der Waals surface area contributed by atoms with Crippen molar-refractivity contribution >= 4 is 31.0 Å². The standard InChI is InChI=1S/C16H27N4O4P/c1-7-16(3,4)18-15(21)20(25(22,23)24)14-10-8-13(9-11-14)17-12(2)19(5)6/h8-11H,7H2,1-6H3,(H3,18,21,22,23,24)/p+1. The highest BCUT2D eigenvalue weighted by molar-refractivity contribution is 7.54. The van der Waals surface area contributed by atoms with Gasteiger partial charge in [-0.3, -0.25) is 4.58 Å². The molecule has 0 saturated carbocycles. The number of carbonyl (C=O) groups excluding carboxylic acids is 1. The zero-order valence-corrected chi connectivity index (χ0v) is 16.5. The maximum atomic E-state index is 12.4. The molecule has 9 heteroatoms. The number of amides is 2. The molecule has 0 saturated heterocycles. The fourth-order valence-corrected chi connectivity index (χ4v) is 2.54. The number of benzene rings is 1. The van der Waals surface area contributed by atoms with Gasteiger partial charge in [0.1, 0.15) is 5.69 Å². The second kappa shape index (κ2) is 7.99. The molecule has 0 aliphatic rings. The average molecular weight is 371 g/mol. The van der Waals surface area contributed by atoms with Crippen molar-refractivity contribution in [3.8, 4) is 0 Å². The molecule has 2 amide bonds. The van der Waals surface area contributed by atoms with Gasteiger partial charge in [-0.1, -0.05) is 6.92 Å². The van der Waals surface area contributed by atoms with Gasteiger partial charge in [-0.05, 0) is 44.5 Å². The molecule has 1 aromatic carbocycles. The zero-order valence-electron chi connectivity index (χ0n) is 15.6. The van der Waals surface area contributed by atoms with E-state index in [1.165, 1.54) is 12.1 Å². The number of hydrogen-bond donors (Lipinski definition) is 4. The molecule has 1 rings (SSSR count). The van der Waals surface area contributed by atoms with Crippen LogP contribution in [0.3, 0.4) is 0 Å². The smallest absolute Gasteiger partial charge is 0.332 e. The molecule has 1 aromatic rings. The molecule has 25 heavy (non-hydrogen) atoms. The lowest BCUT2D eigenvalue weighted by molar-refractivity contribution is -0.464. The molecule has 0 aliphatic heterocycles. The molecule has 8 nitrogen and oxygen atoms in total. The van der Waals surface area contributed by atoms with Crippen LogP contribution in [-0.4, -0.2) is 45.9 Å². The molecule has 4 N–H and O–H groups in total. The lowest BCUT2D eigenvalue weighted by atomic mass is 10.0. The Hall–Kier alpha value is -1.89. The molecule has 0 radical (unpaired) electrons. The van der Waals surface area contributed by atoms with Crippen molar-refractivity contribution in [2.45, 2.75) is 39.7 Å². The Balaban J connectivity index is 3.11. The van der Waals surface area contributed by atoms with E-state index < -0.39 is 19.3 Å². The van der Waals surface area contributed by atoms with E-state index in [0.717, 1.165) is 11.5 Å². The highest BCUT2D eigenvalue weighted by Crippen LogP contribution is 2.44. The minimum atomic E-state index is -4.82. The Morgan fingerprint density at radius 2 is 1.76 bits per heavy atom. The Bertz CT molecular complexity index is 691. The van der Waals surface area contributed by atoms with Gasteiger partial charge in [-0.15, -0.1) is 0 Å².